The Bertz CT molecular complexity index is 7590. The van der Waals surface area contributed by atoms with Gasteiger partial charge in [0.25, 0.3) is 33.4 Å². The summed E-state index contributed by atoms with van der Waals surface area (Å²) in [4.78, 5) is 170. The van der Waals surface area contributed by atoms with Crippen molar-refractivity contribution in [2.45, 2.75) is 166 Å². The average molecular weight is 2200 g/mol. The quantitative estimate of drug-likeness (QED) is 0.0342. The van der Waals surface area contributed by atoms with Crippen LogP contribution in [0.2, 0.25) is 5.02 Å². The third kappa shape index (κ3) is 27.8. The lowest BCUT2D eigenvalue weighted by Gasteiger charge is -2.34. The molecule has 770 valence electrons. The van der Waals surface area contributed by atoms with Gasteiger partial charge in [0.1, 0.15) is 39.9 Å². The molecule has 6 fully saturated rings. The Morgan fingerprint density at radius 2 is 0.673 bits per heavy atom. The number of aromatic amines is 3. The number of nitrogens with zero attached hydrogens (tertiary/aromatic N) is 19. The van der Waals surface area contributed by atoms with E-state index in [9.17, 15) is 73.3 Å². The van der Waals surface area contributed by atoms with Crippen molar-refractivity contribution in [2.75, 3.05) is 108 Å². The lowest BCUT2D eigenvalue weighted by molar-refractivity contribution is 0.489. The van der Waals surface area contributed by atoms with Gasteiger partial charge in [0.15, 0.2) is 5.69 Å². The summed E-state index contributed by atoms with van der Waals surface area (Å²) in [6.45, 7) is 19.2. The van der Waals surface area contributed by atoms with Gasteiger partial charge in [-0.15, -0.1) is 0 Å². The molecule has 18 rings (SSSR count). The number of piperidine rings is 6. The number of hydrogen-bond donors (Lipinski definition) is 9. The Hall–Kier alpha value is -14.6. The maximum absolute atomic E-state index is 13.0. The van der Waals surface area contributed by atoms with Crippen LogP contribution < -0.4 is 131 Å². The number of nitrogens with one attached hydrogen (secondary N) is 3. The van der Waals surface area contributed by atoms with Gasteiger partial charge >= 0.3 is 34.1 Å². The molecule has 6 aliphatic heterocycles. The first-order valence-electron chi connectivity index (χ1n) is 48.7. The zero-order valence-corrected chi connectivity index (χ0v) is 86.6. The molecular weight excluding hydrogens is 2080 g/mol. The van der Waals surface area contributed by atoms with Crippen molar-refractivity contribution >= 4 is 90.7 Å². The lowest BCUT2D eigenvalue weighted by atomic mass is 10.1. The lowest BCUT2D eigenvalue weighted by Crippen LogP contribution is -2.48. The second-order valence-electron chi connectivity index (χ2n) is 37.1. The van der Waals surface area contributed by atoms with Crippen LogP contribution in [-0.4, -0.2) is 171 Å². The fourth-order valence-electron chi connectivity index (χ4n) is 18.9. The molecule has 6 aromatic heterocycles. The van der Waals surface area contributed by atoms with Crippen molar-refractivity contribution in [3.63, 3.8) is 0 Å². The van der Waals surface area contributed by atoms with E-state index < -0.39 is 28.2 Å². The van der Waals surface area contributed by atoms with Crippen LogP contribution >= 0.6 is 50.1 Å². The summed E-state index contributed by atoms with van der Waals surface area (Å²) in [5.41, 5.74) is 38.5. The molecule has 12 aromatic rings. The first-order chi connectivity index (χ1) is 70.7. The smallest absolute Gasteiger partial charge is 0.332 e. The number of aromatic nitrogens is 12. The minimum atomic E-state index is -0.532. The molecule has 15 N–H and O–H groups in total. The zero-order chi connectivity index (χ0) is 105. The Morgan fingerprint density at radius 3 is 1.05 bits per heavy atom. The minimum Gasteiger partial charge on any atom is -0.356 e. The number of anilines is 6. The predicted molar refractivity (Wildman–Crippen MR) is 582 cm³/mol. The number of hydrogen-bond acceptors (Lipinski definition) is 27. The first kappa shape index (κ1) is 110. The van der Waals surface area contributed by atoms with E-state index in [-0.39, 0.29) is 107 Å². The largest absolute Gasteiger partial charge is 0.356 e. The Kier molecular flexibility index (Phi) is 38.4. The highest BCUT2D eigenvalue weighted by molar-refractivity contribution is 14.1. The maximum Gasteiger partial charge on any atom is 0.332 e. The van der Waals surface area contributed by atoms with Gasteiger partial charge in [-0.05, 0) is 170 Å². The van der Waals surface area contributed by atoms with Crippen molar-refractivity contribution in [2.24, 2.45) is 48.5 Å². The third-order valence-corrected chi connectivity index (χ3v) is 28.7. The fraction of sp³-hybridized carbons (Fsp3) is 0.385. The summed E-state index contributed by atoms with van der Waals surface area (Å²) in [7, 11) is 2.86. The fourth-order valence-corrected chi connectivity index (χ4v) is 20.3. The monoisotopic (exact) mass is 2190 g/mol. The van der Waals surface area contributed by atoms with E-state index in [1.165, 1.54) is 58.1 Å². The summed E-state index contributed by atoms with van der Waals surface area (Å²) in [5, 5.41) is 27.9. The summed E-state index contributed by atoms with van der Waals surface area (Å²) in [6, 6.07) is 58.2. The van der Waals surface area contributed by atoms with Gasteiger partial charge in [-0.25, -0.2) is 33.6 Å². The molecule has 0 aliphatic carbocycles. The molecule has 6 saturated heterocycles. The number of halogens is 3. The molecule has 0 saturated carbocycles. The van der Waals surface area contributed by atoms with Crippen LogP contribution in [0.1, 0.15) is 134 Å². The van der Waals surface area contributed by atoms with E-state index in [2.05, 4.69) is 76.5 Å². The van der Waals surface area contributed by atoms with Gasteiger partial charge in [-0.3, -0.25) is 84.8 Å². The van der Waals surface area contributed by atoms with Crippen molar-refractivity contribution in [1.82, 2.24) is 56.1 Å². The molecule has 43 heteroatoms. The standard InChI is InChI=1S/C19H23N5O2.C18H20ClN5O2.C18H21N5O2.C17H19N5O2.C16H19BrN4O2.C16H19IN4O2/c1-2-23-18(25)10-17(22-9-5-8-16(21)13-22)24(19(23)26)12-15-7-4-3-6-14(15)11-20;1-22-17(25)15(19)16(23-8-4-7-14(21)11-23)24(18(22)26)10-13-6-3-2-5-12(13)9-20;1-20-15-8-4-3-6-13(15)11-23-16(10-17(24)21(2)18(23)25)22-9-5-7-14(19)12-22;18-9-12-4-1-2-5-13(12)10-22-16(8-15(23)20-17(22)24)21-7-3-6-14(19)11-21;2*17-13-6-2-1-4-11(13)9-21-15(8-14(22)19-16(21)23)20-7-3-5-12(18)10-20/h3-4,6-7,10,16H,2,5,8-9,12-13,21H2,1H3;2-3,5-6,14H,4,7-8,10-11,21H2,1H3;3-4,6,8,10,14H,5,7,9,11-12,19H2,2H3;1-2,4-5,8,14H,3,6-7,10-11,19H2,(H,20,23,24);2*1-2,4,6,8,12H,3,5,7,9-10,18H2,(H,19,22,23)/t16-;3*14-;2*12-/m111111/s1. The normalized spacial score (nSPS) is 17.6. The molecule has 6 atom stereocenters. The molecule has 0 bridgehead atoms. The van der Waals surface area contributed by atoms with Crippen molar-refractivity contribution in [3.05, 3.63) is 376 Å². The van der Waals surface area contributed by atoms with Crippen LogP contribution in [0.25, 0.3) is 4.85 Å². The number of benzene rings is 6. The average Bonchev–Trinajstić information content (AvgIpc) is 0.764. The van der Waals surface area contributed by atoms with Gasteiger partial charge in [-0.2, -0.15) is 15.8 Å². The van der Waals surface area contributed by atoms with Crippen molar-refractivity contribution in [3.8, 4) is 18.2 Å². The Labute approximate surface area is 872 Å². The SMILES string of the molecule is CCn1c(=O)cc(N2CCC[C@@H](N)C2)n(Cc2ccccc2C#N)c1=O.Cn1c(=O)c(Cl)c(N2CCC[C@@H](N)C2)n(Cc2ccccc2C#N)c1=O.N#Cc1ccccc1Cn1c(N2CCC[C@@H](N)C2)cc(=O)[nH]c1=O.N[C@@H]1CCCN(c2cc(=O)[nH]c(=O)n2Cc2ccccc2Br)C1.N[C@@H]1CCCN(c2cc(=O)[nH]c(=O)n2Cc2ccccc2I)C1.[C-]#[N+]c1ccccc1Cn1c(N2CCC[C@@H](N)C2)cc(=O)n(C)c1=O. The highest BCUT2D eigenvalue weighted by Gasteiger charge is 2.31. The number of para-hydroxylation sites is 1. The third-order valence-electron chi connectivity index (χ3n) is 26.5. The molecule has 0 radical (unpaired) electrons. The number of rotatable bonds is 19. The highest BCUT2D eigenvalue weighted by atomic mass is 127. The van der Waals surface area contributed by atoms with Crippen LogP contribution in [0.4, 0.5) is 40.6 Å². The maximum atomic E-state index is 13.0. The van der Waals surface area contributed by atoms with Crippen LogP contribution in [0.15, 0.2) is 238 Å². The topological polar surface area (TPSA) is 548 Å². The summed E-state index contributed by atoms with van der Waals surface area (Å²) in [6.07, 6.45) is 11.2. The minimum absolute atomic E-state index is 0.00404. The van der Waals surface area contributed by atoms with Gasteiger partial charge in [0, 0.05) is 180 Å². The molecule has 6 aliphatic rings. The number of H-pyrrole nitrogens is 3. The molecular formula is C104H121BrClIN28O12. The van der Waals surface area contributed by atoms with Gasteiger partial charge in [-0.1, -0.05) is 143 Å². The van der Waals surface area contributed by atoms with E-state index in [4.69, 9.17) is 52.6 Å². The van der Waals surface area contributed by atoms with Gasteiger partial charge < -0.3 is 63.8 Å². The molecule has 0 spiro atoms. The summed E-state index contributed by atoms with van der Waals surface area (Å²) in [5.74, 6) is 3.35. The highest BCUT2D eigenvalue weighted by Crippen LogP contribution is 2.31. The first-order valence-corrected chi connectivity index (χ1v) is 51.0. The molecule has 0 amide bonds. The van der Waals surface area contributed by atoms with E-state index in [1.54, 1.807) is 85.9 Å². The van der Waals surface area contributed by atoms with E-state index in [0.29, 0.717) is 128 Å². The van der Waals surface area contributed by atoms with Gasteiger partial charge in [0.05, 0.1) is 74.2 Å². The second kappa shape index (κ2) is 51.5. The second-order valence-corrected chi connectivity index (χ2v) is 39.5. The van der Waals surface area contributed by atoms with Gasteiger partial charge in [0.2, 0.25) is 0 Å². The van der Waals surface area contributed by atoms with Crippen LogP contribution in [0.5, 0.6) is 0 Å². The van der Waals surface area contributed by atoms with E-state index >= 15 is 0 Å². The van der Waals surface area contributed by atoms with E-state index in [1.807, 2.05) is 114 Å². The molecule has 40 nitrogen and oxygen atoms in total. The molecule has 147 heavy (non-hydrogen) atoms. The zero-order valence-electron chi connectivity index (χ0n) is 82.1. The van der Waals surface area contributed by atoms with Crippen LogP contribution in [-0.2, 0) is 59.9 Å². The van der Waals surface area contributed by atoms with E-state index in [0.717, 1.165) is 155 Å². The van der Waals surface area contributed by atoms with Crippen LogP contribution in [0.3, 0.4) is 0 Å². The van der Waals surface area contributed by atoms with Crippen molar-refractivity contribution in [1.29, 1.82) is 15.8 Å². The number of nitrogens with two attached hydrogens (primary N) is 6. The summed E-state index contributed by atoms with van der Waals surface area (Å²) < 4.78 is 14.6. The Balaban J connectivity index is 0.000000147. The Morgan fingerprint density at radius 1 is 0.374 bits per heavy atom. The van der Waals surface area contributed by atoms with Crippen molar-refractivity contribution < 1.29 is 0 Å². The van der Waals surface area contributed by atoms with Crippen LogP contribution in [0, 0.1) is 44.1 Å². The summed E-state index contributed by atoms with van der Waals surface area (Å²) >= 11 is 12.1. The molecule has 0 unspecified atom stereocenters. The molecule has 6 aromatic carbocycles. The predicted octanol–water partition coefficient (Wildman–Crippen LogP) is 5.77. The molecule has 12 heterocycles. The number of nitriles is 3.